The van der Waals surface area contributed by atoms with Crippen LogP contribution in [-0.4, -0.2) is 48.1 Å². The van der Waals surface area contributed by atoms with Gasteiger partial charge in [-0.2, -0.15) is 0 Å². The van der Waals surface area contributed by atoms with Crippen molar-refractivity contribution in [2.45, 2.75) is 26.4 Å². The standard InChI is InChI=1S/C19H24N4O/c1-14-20-17-13-24-18-7-4-3-6-15(18)12-16(17)19(21-14)23-9-5-8-22(2)10-11-23/h3-4,6-7H,5,8-13H2,1-2H3. The van der Waals surface area contributed by atoms with Gasteiger partial charge in [-0.05, 0) is 38.6 Å². The van der Waals surface area contributed by atoms with Crippen LogP contribution in [-0.2, 0) is 13.0 Å². The Morgan fingerprint density at radius 3 is 2.83 bits per heavy atom. The van der Waals surface area contributed by atoms with Gasteiger partial charge in [-0.25, -0.2) is 9.97 Å². The summed E-state index contributed by atoms with van der Waals surface area (Å²) in [5, 5.41) is 0. The normalized spacial score (nSPS) is 18.2. The molecule has 0 N–H and O–H groups in total. The number of anilines is 1. The molecule has 2 aliphatic rings. The first-order valence-electron chi connectivity index (χ1n) is 8.71. The molecule has 0 radical (unpaired) electrons. The number of hydrogen-bond acceptors (Lipinski definition) is 5. The molecular formula is C19H24N4O. The fraction of sp³-hybridized carbons (Fsp3) is 0.474. The highest BCUT2D eigenvalue weighted by Gasteiger charge is 2.24. The SMILES string of the molecule is Cc1nc2c(c(N3CCCN(C)CC3)n1)Cc1ccccc1OC2. The molecule has 5 nitrogen and oxygen atoms in total. The predicted octanol–water partition coefficient (Wildman–Crippen LogP) is 2.41. The summed E-state index contributed by atoms with van der Waals surface area (Å²) in [7, 11) is 2.19. The molecule has 2 aromatic rings. The fourth-order valence-corrected chi connectivity index (χ4v) is 3.59. The van der Waals surface area contributed by atoms with Crippen LogP contribution in [0, 0.1) is 6.92 Å². The van der Waals surface area contributed by atoms with Crippen LogP contribution in [0.15, 0.2) is 24.3 Å². The van der Waals surface area contributed by atoms with Crippen molar-refractivity contribution in [2.24, 2.45) is 0 Å². The molecule has 2 aliphatic heterocycles. The molecule has 1 saturated heterocycles. The Kier molecular flexibility index (Phi) is 4.10. The average Bonchev–Trinajstić information content (AvgIpc) is 2.90. The van der Waals surface area contributed by atoms with Gasteiger partial charge in [-0.3, -0.25) is 0 Å². The van der Waals surface area contributed by atoms with Crippen molar-refractivity contribution in [1.82, 2.24) is 14.9 Å². The van der Waals surface area contributed by atoms with E-state index >= 15 is 0 Å². The number of hydrogen-bond donors (Lipinski definition) is 0. The fourth-order valence-electron chi connectivity index (χ4n) is 3.59. The molecule has 0 saturated carbocycles. The van der Waals surface area contributed by atoms with E-state index in [1.54, 1.807) is 0 Å². The third-order valence-electron chi connectivity index (χ3n) is 4.91. The Bertz CT molecular complexity index is 746. The van der Waals surface area contributed by atoms with E-state index in [1.165, 1.54) is 17.5 Å². The summed E-state index contributed by atoms with van der Waals surface area (Å²) in [4.78, 5) is 14.3. The van der Waals surface area contributed by atoms with Crippen LogP contribution in [0.2, 0.25) is 0 Å². The van der Waals surface area contributed by atoms with Gasteiger partial charge in [0.1, 0.15) is 24.0 Å². The summed E-state index contributed by atoms with van der Waals surface area (Å²) in [6, 6.07) is 8.28. The van der Waals surface area contributed by atoms with Crippen molar-refractivity contribution in [1.29, 1.82) is 0 Å². The highest BCUT2D eigenvalue weighted by atomic mass is 16.5. The molecule has 0 bridgehead atoms. The Labute approximate surface area is 143 Å². The van der Waals surface area contributed by atoms with Gasteiger partial charge in [0.05, 0.1) is 5.69 Å². The lowest BCUT2D eigenvalue weighted by Gasteiger charge is -2.25. The number of rotatable bonds is 1. The van der Waals surface area contributed by atoms with E-state index in [-0.39, 0.29) is 0 Å². The molecule has 24 heavy (non-hydrogen) atoms. The summed E-state index contributed by atoms with van der Waals surface area (Å²) in [6.45, 7) is 6.79. The Balaban J connectivity index is 1.75. The van der Waals surface area contributed by atoms with E-state index in [0.717, 1.165) is 55.7 Å². The summed E-state index contributed by atoms with van der Waals surface area (Å²) in [6.07, 6.45) is 2.01. The zero-order chi connectivity index (χ0) is 16.5. The summed E-state index contributed by atoms with van der Waals surface area (Å²) < 4.78 is 6.00. The van der Waals surface area contributed by atoms with Crippen molar-refractivity contribution in [2.75, 3.05) is 38.1 Å². The minimum Gasteiger partial charge on any atom is -0.487 e. The summed E-state index contributed by atoms with van der Waals surface area (Å²) in [5.74, 6) is 2.90. The third kappa shape index (κ3) is 2.96. The average molecular weight is 324 g/mol. The van der Waals surface area contributed by atoms with Crippen LogP contribution in [0.3, 0.4) is 0 Å². The number of aryl methyl sites for hydroxylation is 1. The molecule has 0 amide bonds. The lowest BCUT2D eigenvalue weighted by Crippen LogP contribution is -2.31. The number of para-hydroxylation sites is 1. The lowest BCUT2D eigenvalue weighted by molar-refractivity contribution is 0.301. The van der Waals surface area contributed by atoms with E-state index in [4.69, 9.17) is 9.72 Å². The molecule has 1 fully saturated rings. The molecular weight excluding hydrogens is 300 g/mol. The van der Waals surface area contributed by atoms with Crippen LogP contribution < -0.4 is 9.64 Å². The Morgan fingerprint density at radius 1 is 1.04 bits per heavy atom. The van der Waals surface area contributed by atoms with Gasteiger partial charge in [-0.1, -0.05) is 18.2 Å². The summed E-state index contributed by atoms with van der Waals surface area (Å²) in [5.41, 5.74) is 3.48. The minimum absolute atomic E-state index is 0.524. The molecule has 5 heteroatoms. The number of ether oxygens (including phenoxy) is 1. The van der Waals surface area contributed by atoms with Crippen molar-refractivity contribution >= 4 is 5.82 Å². The topological polar surface area (TPSA) is 41.5 Å². The summed E-state index contributed by atoms with van der Waals surface area (Å²) >= 11 is 0. The molecule has 0 aliphatic carbocycles. The number of fused-ring (bicyclic) bond motifs is 2. The Morgan fingerprint density at radius 2 is 1.92 bits per heavy atom. The highest BCUT2D eigenvalue weighted by Crippen LogP contribution is 2.32. The van der Waals surface area contributed by atoms with Gasteiger partial charge in [0.2, 0.25) is 0 Å². The third-order valence-corrected chi connectivity index (χ3v) is 4.91. The molecule has 126 valence electrons. The quantitative estimate of drug-likeness (QED) is 0.806. The molecule has 0 spiro atoms. The Hall–Kier alpha value is -2.14. The molecule has 1 aromatic heterocycles. The minimum atomic E-state index is 0.524. The van der Waals surface area contributed by atoms with E-state index in [1.807, 2.05) is 19.1 Å². The molecule has 0 unspecified atom stereocenters. The van der Waals surface area contributed by atoms with Gasteiger partial charge in [0.25, 0.3) is 0 Å². The number of likely N-dealkylation sites (N-methyl/N-ethyl adjacent to an activating group) is 1. The molecule has 4 rings (SSSR count). The van der Waals surface area contributed by atoms with Crippen LogP contribution in [0.4, 0.5) is 5.82 Å². The van der Waals surface area contributed by atoms with Crippen LogP contribution in [0.5, 0.6) is 5.75 Å². The van der Waals surface area contributed by atoms with E-state index in [9.17, 15) is 0 Å². The molecule has 3 heterocycles. The van der Waals surface area contributed by atoms with Crippen molar-refractivity contribution in [3.05, 3.63) is 46.9 Å². The largest absolute Gasteiger partial charge is 0.487 e. The zero-order valence-corrected chi connectivity index (χ0v) is 14.5. The van der Waals surface area contributed by atoms with Gasteiger partial charge in [0.15, 0.2) is 0 Å². The maximum Gasteiger partial charge on any atom is 0.136 e. The molecule has 0 atom stereocenters. The van der Waals surface area contributed by atoms with Gasteiger partial charge >= 0.3 is 0 Å². The lowest BCUT2D eigenvalue weighted by atomic mass is 10.0. The highest BCUT2D eigenvalue weighted by molar-refractivity contribution is 5.54. The van der Waals surface area contributed by atoms with Crippen LogP contribution >= 0.6 is 0 Å². The van der Waals surface area contributed by atoms with Crippen molar-refractivity contribution in [3.8, 4) is 5.75 Å². The smallest absolute Gasteiger partial charge is 0.136 e. The van der Waals surface area contributed by atoms with E-state index in [2.05, 4.69) is 34.0 Å². The first kappa shape index (κ1) is 15.4. The van der Waals surface area contributed by atoms with Gasteiger partial charge in [0, 0.05) is 31.6 Å². The van der Waals surface area contributed by atoms with Crippen molar-refractivity contribution < 1.29 is 4.74 Å². The van der Waals surface area contributed by atoms with E-state index in [0.29, 0.717) is 6.61 Å². The second-order valence-electron chi connectivity index (χ2n) is 6.74. The second kappa shape index (κ2) is 6.40. The van der Waals surface area contributed by atoms with Gasteiger partial charge in [-0.15, -0.1) is 0 Å². The maximum absolute atomic E-state index is 6.00. The monoisotopic (exact) mass is 324 g/mol. The maximum atomic E-state index is 6.00. The first-order valence-corrected chi connectivity index (χ1v) is 8.71. The van der Waals surface area contributed by atoms with Crippen LogP contribution in [0.1, 0.15) is 29.1 Å². The molecule has 1 aromatic carbocycles. The van der Waals surface area contributed by atoms with Crippen LogP contribution in [0.25, 0.3) is 0 Å². The van der Waals surface area contributed by atoms with Gasteiger partial charge < -0.3 is 14.5 Å². The van der Waals surface area contributed by atoms with E-state index < -0.39 is 0 Å². The zero-order valence-electron chi connectivity index (χ0n) is 14.5. The predicted molar refractivity (Wildman–Crippen MR) is 94.7 cm³/mol. The number of benzene rings is 1. The number of nitrogens with zero attached hydrogens (tertiary/aromatic N) is 4. The first-order chi connectivity index (χ1) is 11.7. The van der Waals surface area contributed by atoms with Crippen molar-refractivity contribution in [3.63, 3.8) is 0 Å². The second-order valence-corrected chi connectivity index (χ2v) is 6.74. The number of aromatic nitrogens is 2.